The van der Waals surface area contributed by atoms with Crippen molar-refractivity contribution in [3.8, 4) is 0 Å². The van der Waals surface area contributed by atoms with Crippen LogP contribution in [0.1, 0.15) is 31.5 Å². The van der Waals surface area contributed by atoms with E-state index in [1.54, 1.807) is 26.2 Å². The molecule has 0 aliphatic rings. The molecule has 1 rings (SSSR count). The van der Waals surface area contributed by atoms with Crippen LogP contribution >= 0.6 is 11.3 Å². The second kappa shape index (κ2) is 5.81. The number of hydrogen-bond donors (Lipinski definition) is 2. The fourth-order valence-corrected chi connectivity index (χ4v) is 1.89. The van der Waals surface area contributed by atoms with Crippen molar-refractivity contribution in [2.24, 2.45) is 5.73 Å². The van der Waals surface area contributed by atoms with Crippen molar-refractivity contribution < 1.29 is 14.3 Å². The fraction of sp³-hybridized carbons (Fsp3) is 0.545. The van der Waals surface area contributed by atoms with Crippen molar-refractivity contribution in [2.75, 3.05) is 0 Å². The number of alkyl carbamates (subject to hydrolysis) is 1. The second-order valence-electron chi connectivity index (χ2n) is 4.73. The number of nitrogens with zero attached hydrogens (tertiary/aromatic N) is 1. The van der Waals surface area contributed by atoms with Gasteiger partial charge in [-0.1, -0.05) is 0 Å². The Morgan fingerprint density at radius 1 is 1.50 bits per heavy atom. The van der Waals surface area contributed by atoms with Gasteiger partial charge in [0.1, 0.15) is 10.6 Å². The highest BCUT2D eigenvalue weighted by atomic mass is 32.1. The summed E-state index contributed by atoms with van der Waals surface area (Å²) in [6, 6.07) is 0. The van der Waals surface area contributed by atoms with Crippen LogP contribution < -0.4 is 11.1 Å². The van der Waals surface area contributed by atoms with E-state index < -0.39 is 17.6 Å². The zero-order valence-electron chi connectivity index (χ0n) is 10.6. The van der Waals surface area contributed by atoms with Gasteiger partial charge in [0.2, 0.25) is 5.91 Å². The van der Waals surface area contributed by atoms with Gasteiger partial charge in [-0.25, -0.2) is 9.78 Å². The standard InChI is InChI=1S/C11H17N3O3S/c1-11(2,3)17-10(16)13-5-9-14-7(6-18-9)4-8(12)15/h6H,4-5H2,1-3H3,(H2,12,15)(H,13,16). The third-order valence-corrected chi connectivity index (χ3v) is 2.64. The summed E-state index contributed by atoms with van der Waals surface area (Å²) in [6.07, 6.45) is -0.378. The molecule has 0 radical (unpaired) electrons. The van der Waals surface area contributed by atoms with Crippen molar-refractivity contribution in [2.45, 2.75) is 39.3 Å². The molecule has 0 bridgehead atoms. The van der Waals surface area contributed by atoms with Gasteiger partial charge >= 0.3 is 6.09 Å². The molecule has 3 N–H and O–H groups in total. The molecule has 0 saturated carbocycles. The second-order valence-corrected chi connectivity index (χ2v) is 5.67. The minimum absolute atomic E-state index is 0.114. The summed E-state index contributed by atoms with van der Waals surface area (Å²) >= 11 is 1.36. The Hall–Kier alpha value is -1.63. The Labute approximate surface area is 110 Å². The predicted octanol–water partition coefficient (Wildman–Crippen LogP) is 1.20. The molecule has 6 nitrogen and oxygen atoms in total. The van der Waals surface area contributed by atoms with E-state index >= 15 is 0 Å². The van der Waals surface area contributed by atoms with Crippen LogP contribution in [0.4, 0.5) is 4.79 Å². The molecule has 1 aromatic rings. The number of hydrogen-bond acceptors (Lipinski definition) is 5. The molecule has 100 valence electrons. The van der Waals surface area contributed by atoms with E-state index in [0.29, 0.717) is 10.7 Å². The maximum absolute atomic E-state index is 11.4. The largest absolute Gasteiger partial charge is 0.444 e. The van der Waals surface area contributed by atoms with Gasteiger partial charge in [-0.15, -0.1) is 11.3 Å². The maximum atomic E-state index is 11.4. The summed E-state index contributed by atoms with van der Waals surface area (Å²) in [7, 11) is 0. The number of nitrogens with two attached hydrogens (primary N) is 1. The number of thiazole rings is 1. The van der Waals surface area contributed by atoms with Gasteiger partial charge in [-0.2, -0.15) is 0 Å². The molecule has 18 heavy (non-hydrogen) atoms. The van der Waals surface area contributed by atoms with Crippen LogP contribution in [0.5, 0.6) is 0 Å². The number of amides is 2. The van der Waals surface area contributed by atoms with Crippen LogP contribution in [-0.4, -0.2) is 22.6 Å². The molecule has 0 atom stereocenters. The normalized spacial score (nSPS) is 11.1. The summed E-state index contributed by atoms with van der Waals surface area (Å²) in [6.45, 7) is 5.65. The minimum atomic E-state index is -0.524. The molecule has 0 aromatic carbocycles. The molecule has 2 amide bonds. The van der Waals surface area contributed by atoms with Gasteiger partial charge < -0.3 is 15.8 Å². The molecule has 1 aromatic heterocycles. The first-order chi connectivity index (χ1) is 8.26. The van der Waals surface area contributed by atoms with Gasteiger partial charge in [-0.3, -0.25) is 4.79 Å². The van der Waals surface area contributed by atoms with Crippen LogP contribution in [0.25, 0.3) is 0 Å². The van der Waals surface area contributed by atoms with E-state index in [4.69, 9.17) is 10.5 Å². The van der Waals surface area contributed by atoms with Crippen LogP contribution in [-0.2, 0) is 22.5 Å². The average molecular weight is 271 g/mol. The Morgan fingerprint density at radius 2 is 2.17 bits per heavy atom. The Bertz CT molecular complexity index is 437. The topological polar surface area (TPSA) is 94.3 Å². The number of carbonyl (C=O) groups is 2. The molecule has 0 saturated heterocycles. The average Bonchev–Trinajstić information content (AvgIpc) is 2.59. The molecular weight excluding hydrogens is 254 g/mol. The van der Waals surface area contributed by atoms with Gasteiger partial charge in [0, 0.05) is 5.38 Å². The molecule has 0 aliphatic carbocycles. The summed E-state index contributed by atoms with van der Waals surface area (Å²) in [5.41, 5.74) is 5.16. The van der Waals surface area contributed by atoms with E-state index in [0.717, 1.165) is 0 Å². The Morgan fingerprint density at radius 3 is 2.72 bits per heavy atom. The van der Waals surface area contributed by atoms with Crippen LogP contribution in [0.15, 0.2) is 5.38 Å². The first-order valence-electron chi connectivity index (χ1n) is 5.45. The molecular formula is C11H17N3O3S. The lowest BCUT2D eigenvalue weighted by Crippen LogP contribution is -2.32. The minimum Gasteiger partial charge on any atom is -0.444 e. The smallest absolute Gasteiger partial charge is 0.408 e. The fourth-order valence-electron chi connectivity index (χ4n) is 1.15. The van der Waals surface area contributed by atoms with Gasteiger partial charge in [0.15, 0.2) is 0 Å². The predicted molar refractivity (Wildman–Crippen MR) is 68.1 cm³/mol. The van der Waals surface area contributed by atoms with Crippen molar-refractivity contribution in [1.29, 1.82) is 0 Å². The highest BCUT2D eigenvalue weighted by Gasteiger charge is 2.16. The zero-order chi connectivity index (χ0) is 13.8. The van der Waals surface area contributed by atoms with E-state index in [2.05, 4.69) is 10.3 Å². The monoisotopic (exact) mass is 271 g/mol. The first kappa shape index (κ1) is 14.4. The Kier molecular flexibility index (Phi) is 4.66. The van der Waals surface area contributed by atoms with Gasteiger partial charge in [0.25, 0.3) is 0 Å². The van der Waals surface area contributed by atoms with Crippen LogP contribution in [0.2, 0.25) is 0 Å². The summed E-state index contributed by atoms with van der Waals surface area (Å²) in [4.78, 5) is 26.3. The third-order valence-electron chi connectivity index (χ3n) is 1.74. The van der Waals surface area contributed by atoms with Gasteiger partial charge in [0.05, 0.1) is 18.7 Å². The van der Waals surface area contributed by atoms with Crippen molar-refractivity contribution >= 4 is 23.3 Å². The summed E-state index contributed by atoms with van der Waals surface area (Å²) in [5.74, 6) is -0.424. The zero-order valence-corrected chi connectivity index (χ0v) is 11.5. The van der Waals surface area contributed by atoms with E-state index in [9.17, 15) is 9.59 Å². The SMILES string of the molecule is CC(C)(C)OC(=O)NCc1nc(CC(N)=O)cs1. The van der Waals surface area contributed by atoms with Crippen molar-refractivity contribution in [3.05, 3.63) is 16.1 Å². The number of carbonyl (C=O) groups excluding carboxylic acids is 2. The third kappa shape index (κ3) is 5.62. The lowest BCUT2D eigenvalue weighted by atomic mass is 10.2. The molecule has 0 aliphatic heterocycles. The van der Waals surface area contributed by atoms with E-state index in [1.807, 2.05) is 0 Å². The number of rotatable bonds is 4. The number of ether oxygens (including phenoxy) is 1. The Balaban J connectivity index is 2.42. The van der Waals surface area contributed by atoms with Crippen LogP contribution in [0, 0.1) is 0 Å². The highest BCUT2D eigenvalue weighted by Crippen LogP contribution is 2.11. The number of nitrogens with one attached hydrogen (secondary N) is 1. The van der Waals surface area contributed by atoms with Crippen molar-refractivity contribution in [3.63, 3.8) is 0 Å². The lowest BCUT2D eigenvalue weighted by Gasteiger charge is -2.19. The van der Waals surface area contributed by atoms with Crippen molar-refractivity contribution in [1.82, 2.24) is 10.3 Å². The first-order valence-corrected chi connectivity index (χ1v) is 6.32. The van der Waals surface area contributed by atoms with E-state index in [1.165, 1.54) is 11.3 Å². The lowest BCUT2D eigenvalue weighted by molar-refractivity contribution is -0.117. The molecule has 1 heterocycles. The highest BCUT2D eigenvalue weighted by molar-refractivity contribution is 7.09. The maximum Gasteiger partial charge on any atom is 0.408 e. The number of primary amides is 1. The number of aromatic nitrogens is 1. The van der Waals surface area contributed by atoms with Gasteiger partial charge in [-0.05, 0) is 20.8 Å². The molecule has 0 unspecified atom stereocenters. The quantitative estimate of drug-likeness (QED) is 0.860. The molecule has 7 heteroatoms. The van der Waals surface area contributed by atoms with E-state index in [-0.39, 0.29) is 13.0 Å². The summed E-state index contributed by atoms with van der Waals surface area (Å²) < 4.78 is 5.08. The molecule has 0 spiro atoms. The molecule has 0 fully saturated rings. The van der Waals surface area contributed by atoms with Crippen LogP contribution in [0.3, 0.4) is 0 Å². The summed E-state index contributed by atoms with van der Waals surface area (Å²) in [5, 5.41) is 5.05.